The standard InChI is InChI=1S/C10H14O.C5H9N/c1-3-8(2)9-4-6-10(11)7-5-9;1-3-5-6-4-2/h4-8,11H,3H2,1-2H3;3-6H,2H2,1H3/b;5-3-. The third-order valence-corrected chi connectivity index (χ3v) is 2.46. The SMILES string of the molecule is C=CN/C=C\C.CCC(C)c1ccc(O)cc1. The van der Waals surface area contributed by atoms with E-state index in [-0.39, 0.29) is 0 Å². The summed E-state index contributed by atoms with van der Waals surface area (Å²) >= 11 is 0. The van der Waals surface area contributed by atoms with Crippen molar-refractivity contribution in [1.29, 1.82) is 0 Å². The fourth-order valence-corrected chi connectivity index (χ4v) is 1.20. The Hall–Kier alpha value is -1.70. The summed E-state index contributed by atoms with van der Waals surface area (Å²) < 4.78 is 0. The fourth-order valence-electron chi connectivity index (χ4n) is 1.20. The third-order valence-electron chi connectivity index (χ3n) is 2.46. The maximum atomic E-state index is 9.01. The Kier molecular flexibility index (Phi) is 8.57. The van der Waals surface area contributed by atoms with E-state index in [2.05, 4.69) is 25.7 Å². The van der Waals surface area contributed by atoms with E-state index >= 15 is 0 Å². The van der Waals surface area contributed by atoms with E-state index < -0.39 is 0 Å². The van der Waals surface area contributed by atoms with Gasteiger partial charge in [0.1, 0.15) is 5.75 Å². The van der Waals surface area contributed by atoms with Gasteiger partial charge in [0.25, 0.3) is 0 Å². The smallest absolute Gasteiger partial charge is 0.115 e. The van der Waals surface area contributed by atoms with Gasteiger partial charge < -0.3 is 10.4 Å². The summed E-state index contributed by atoms with van der Waals surface area (Å²) in [5.74, 6) is 0.938. The summed E-state index contributed by atoms with van der Waals surface area (Å²) in [6, 6.07) is 7.43. The zero-order valence-electron chi connectivity index (χ0n) is 11.0. The molecule has 1 aromatic rings. The van der Waals surface area contributed by atoms with Crippen molar-refractivity contribution in [2.75, 3.05) is 0 Å². The zero-order valence-corrected chi connectivity index (χ0v) is 11.0. The highest BCUT2D eigenvalue weighted by Gasteiger charge is 2.00. The summed E-state index contributed by atoms with van der Waals surface area (Å²) in [5.41, 5.74) is 1.30. The van der Waals surface area contributed by atoms with Gasteiger partial charge in [0.15, 0.2) is 0 Å². The van der Waals surface area contributed by atoms with Crippen LogP contribution in [0.25, 0.3) is 0 Å². The summed E-state index contributed by atoms with van der Waals surface area (Å²) in [4.78, 5) is 0. The van der Waals surface area contributed by atoms with Crippen molar-refractivity contribution < 1.29 is 5.11 Å². The molecule has 0 aliphatic carbocycles. The van der Waals surface area contributed by atoms with E-state index in [9.17, 15) is 0 Å². The van der Waals surface area contributed by atoms with Crippen molar-refractivity contribution in [3.63, 3.8) is 0 Å². The summed E-state index contributed by atoms with van der Waals surface area (Å²) in [5, 5.41) is 11.8. The predicted molar refractivity (Wildman–Crippen MR) is 75.0 cm³/mol. The summed E-state index contributed by atoms with van der Waals surface area (Å²) in [6.07, 6.45) is 6.49. The van der Waals surface area contributed by atoms with Crippen molar-refractivity contribution in [2.24, 2.45) is 0 Å². The lowest BCUT2D eigenvalue weighted by Crippen LogP contribution is -1.89. The summed E-state index contributed by atoms with van der Waals surface area (Å²) in [7, 11) is 0. The van der Waals surface area contributed by atoms with Crippen molar-refractivity contribution in [3.05, 3.63) is 54.9 Å². The highest BCUT2D eigenvalue weighted by atomic mass is 16.3. The molecule has 1 rings (SSSR count). The van der Waals surface area contributed by atoms with Gasteiger partial charge >= 0.3 is 0 Å². The highest BCUT2D eigenvalue weighted by Crippen LogP contribution is 2.20. The first-order valence-corrected chi connectivity index (χ1v) is 5.92. The first-order valence-electron chi connectivity index (χ1n) is 5.92. The minimum absolute atomic E-state index is 0.344. The maximum absolute atomic E-state index is 9.01. The predicted octanol–water partition coefficient (Wildman–Crippen LogP) is 4.16. The molecule has 0 aliphatic rings. The van der Waals surface area contributed by atoms with Gasteiger partial charge in [-0.15, -0.1) is 0 Å². The average Bonchev–Trinajstić information content (AvgIpc) is 2.37. The lowest BCUT2D eigenvalue weighted by atomic mass is 9.99. The molecular formula is C15H23NO. The molecule has 0 fully saturated rings. The largest absolute Gasteiger partial charge is 0.508 e. The van der Waals surface area contributed by atoms with Crippen LogP contribution in [0.1, 0.15) is 38.7 Å². The topological polar surface area (TPSA) is 32.3 Å². The average molecular weight is 233 g/mol. The molecule has 0 amide bonds. The number of nitrogens with one attached hydrogen (secondary N) is 1. The number of aromatic hydroxyl groups is 1. The molecule has 0 aromatic heterocycles. The first-order chi connectivity index (χ1) is 8.15. The zero-order chi connectivity index (χ0) is 13.1. The monoisotopic (exact) mass is 233 g/mol. The molecule has 1 atom stereocenters. The Labute approximate surface area is 105 Å². The second-order valence-electron chi connectivity index (χ2n) is 3.77. The molecule has 17 heavy (non-hydrogen) atoms. The molecule has 2 heteroatoms. The molecular weight excluding hydrogens is 210 g/mol. The number of rotatable bonds is 4. The molecule has 94 valence electrons. The van der Waals surface area contributed by atoms with Gasteiger partial charge in [-0.3, -0.25) is 0 Å². The number of allylic oxidation sites excluding steroid dienone is 1. The van der Waals surface area contributed by atoms with Gasteiger partial charge in [0.05, 0.1) is 0 Å². The molecule has 2 nitrogen and oxygen atoms in total. The van der Waals surface area contributed by atoms with Crippen LogP contribution in [0.15, 0.2) is 49.3 Å². The van der Waals surface area contributed by atoms with Gasteiger partial charge in [0, 0.05) is 0 Å². The molecule has 0 bridgehead atoms. The quantitative estimate of drug-likeness (QED) is 0.818. The van der Waals surface area contributed by atoms with Crippen LogP contribution in [-0.4, -0.2) is 5.11 Å². The molecule has 1 aromatic carbocycles. The second kappa shape index (κ2) is 9.52. The molecule has 0 saturated heterocycles. The third kappa shape index (κ3) is 7.23. The van der Waals surface area contributed by atoms with E-state index in [1.54, 1.807) is 18.3 Å². The van der Waals surface area contributed by atoms with Crippen LogP contribution in [0.2, 0.25) is 0 Å². The lowest BCUT2D eigenvalue weighted by molar-refractivity contribution is 0.475. The number of hydrogen-bond donors (Lipinski definition) is 2. The molecule has 0 heterocycles. The lowest BCUT2D eigenvalue weighted by Gasteiger charge is -2.07. The first kappa shape index (κ1) is 15.3. The van der Waals surface area contributed by atoms with Crippen LogP contribution in [0.5, 0.6) is 5.75 Å². The van der Waals surface area contributed by atoms with Crippen molar-refractivity contribution in [1.82, 2.24) is 5.32 Å². The Morgan fingerprint density at radius 1 is 1.35 bits per heavy atom. The normalized spacial score (nSPS) is 11.5. The minimum atomic E-state index is 0.344. The van der Waals surface area contributed by atoms with Gasteiger partial charge in [0.2, 0.25) is 0 Å². The Morgan fingerprint density at radius 2 is 1.94 bits per heavy atom. The molecule has 0 aliphatic heterocycles. The van der Waals surface area contributed by atoms with Crippen LogP contribution in [-0.2, 0) is 0 Å². The molecule has 0 radical (unpaired) electrons. The highest BCUT2D eigenvalue weighted by molar-refractivity contribution is 5.27. The van der Waals surface area contributed by atoms with Crippen LogP contribution < -0.4 is 5.32 Å². The number of benzene rings is 1. The van der Waals surface area contributed by atoms with Crippen LogP contribution in [0.3, 0.4) is 0 Å². The molecule has 1 unspecified atom stereocenters. The van der Waals surface area contributed by atoms with Gasteiger partial charge in [-0.1, -0.05) is 38.6 Å². The van der Waals surface area contributed by atoms with Crippen LogP contribution in [0, 0.1) is 0 Å². The maximum Gasteiger partial charge on any atom is 0.115 e. The number of hydrogen-bond acceptors (Lipinski definition) is 2. The van der Waals surface area contributed by atoms with E-state index in [0.717, 1.165) is 6.42 Å². The van der Waals surface area contributed by atoms with E-state index in [4.69, 9.17) is 5.11 Å². The molecule has 2 N–H and O–H groups in total. The van der Waals surface area contributed by atoms with Crippen LogP contribution in [0.4, 0.5) is 0 Å². The van der Waals surface area contributed by atoms with Crippen LogP contribution >= 0.6 is 0 Å². The van der Waals surface area contributed by atoms with Crippen molar-refractivity contribution in [3.8, 4) is 5.75 Å². The fraction of sp³-hybridized carbons (Fsp3) is 0.333. The van der Waals surface area contributed by atoms with Gasteiger partial charge in [-0.2, -0.15) is 0 Å². The Morgan fingerprint density at radius 3 is 2.29 bits per heavy atom. The van der Waals surface area contributed by atoms with Gasteiger partial charge in [-0.25, -0.2) is 0 Å². The van der Waals surface area contributed by atoms with E-state index in [1.165, 1.54) is 5.56 Å². The van der Waals surface area contributed by atoms with E-state index in [1.807, 2.05) is 31.3 Å². The number of phenols is 1. The Bertz CT molecular complexity index is 327. The summed E-state index contributed by atoms with van der Waals surface area (Å²) in [6.45, 7) is 9.73. The minimum Gasteiger partial charge on any atom is -0.508 e. The second-order valence-corrected chi connectivity index (χ2v) is 3.77. The number of phenolic OH excluding ortho intramolecular Hbond substituents is 1. The molecule has 0 spiro atoms. The molecule has 0 saturated carbocycles. The van der Waals surface area contributed by atoms with Gasteiger partial charge in [-0.05, 0) is 49.4 Å². The van der Waals surface area contributed by atoms with Crippen molar-refractivity contribution in [2.45, 2.75) is 33.1 Å². The Balaban J connectivity index is 0.000000366. The van der Waals surface area contributed by atoms with E-state index in [0.29, 0.717) is 11.7 Å². The van der Waals surface area contributed by atoms with Crippen molar-refractivity contribution >= 4 is 0 Å².